The van der Waals surface area contributed by atoms with Crippen molar-refractivity contribution < 1.29 is 8.83 Å². The minimum Gasteiger partial charge on any atom is -0.456 e. The molecule has 0 radical (unpaired) electrons. The Labute approximate surface area is 581 Å². The highest BCUT2D eigenvalue weighted by Gasteiger charge is 2.36. The van der Waals surface area contributed by atoms with Gasteiger partial charge in [-0.25, -0.2) is 0 Å². The number of hydrogen-bond acceptors (Lipinski definition) is 6. The molecule has 0 saturated carbocycles. The third-order valence-corrected chi connectivity index (χ3v) is 19.8. The van der Waals surface area contributed by atoms with Crippen molar-refractivity contribution in [1.29, 1.82) is 0 Å². The smallest absolute Gasteiger partial charge is 0.136 e. The van der Waals surface area contributed by atoms with Crippen LogP contribution in [0, 0.1) is 0 Å². The summed E-state index contributed by atoms with van der Waals surface area (Å²) in [5.74, 6) is 0. The number of anilines is 9. The maximum Gasteiger partial charge on any atom is 0.136 e. The van der Waals surface area contributed by atoms with Crippen LogP contribution in [0.15, 0.2) is 341 Å². The molecule has 0 spiro atoms. The number of nitrogens with zero attached hydrogens (tertiary/aromatic N) is 2. The summed E-state index contributed by atoms with van der Waals surface area (Å²) in [5.41, 5.74) is 34.5. The lowest BCUT2D eigenvalue weighted by Gasteiger charge is -2.25. The van der Waals surface area contributed by atoms with Crippen molar-refractivity contribution in [3.63, 3.8) is 0 Å². The zero-order chi connectivity index (χ0) is 65.8. The van der Waals surface area contributed by atoms with Crippen molar-refractivity contribution in [2.45, 2.75) is 46.0 Å². The molecular weight excluding hydrogens is 1260 g/mol. The highest BCUT2D eigenvalue weighted by Crippen LogP contribution is 2.51. The van der Waals surface area contributed by atoms with Crippen LogP contribution in [-0.2, 0) is 10.8 Å². The van der Waals surface area contributed by atoms with E-state index in [0.717, 1.165) is 122 Å². The third-order valence-electron chi connectivity index (χ3n) is 19.3. The molecule has 2 aliphatic carbocycles. The van der Waals surface area contributed by atoms with Crippen molar-refractivity contribution in [3.05, 3.63) is 354 Å². The highest BCUT2D eigenvalue weighted by molar-refractivity contribution is 9.10. The van der Waals surface area contributed by atoms with E-state index in [-0.39, 0.29) is 18.3 Å². The van der Waals surface area contributed by atoms with E-state index in [2.05, 4.69) is 356 Å². The molecule has 3 N–H and O–H groups in total. The molecule has 0 saturated heterocycles. The topological polar surface area (TPSA) is 70.8 Å². The first-order valence-corrected chi connectivity index (χ1v) is 33.8. The predicted octanol–water partition coefficient (Wildman–Crippen LogP) is 26.5. The summed E-state index contributed by atoms with van der Waals surface area (Å²) in [5, 5.41) is 8.14. The second-order valence-electron chi connectivity index (χ2n) is 26.1. The fraction of sp³-hybridized carbons (Fsp3) is 0.0769. The second kappa shape index (κ2) is 25.8. The van der Waals surface area contributed by atoms with Gasteiger partial charge in [-0.3, -0.25) is 0 Å². The predicted molar refractivity (Wildman–Crippen MR) is 418 cm³/mol. The van der Waals surface area contributed by atoms with Crippen LogP contribution in [0.1, 0.15) is 57.4 Å². The van der Waals surface area contributed by atoms with E-state index in [4.69, 9.17) is 14.6 Å². The Morgan fingerprint density at radius 1 is 0.296 bits per heavy atom. The molecule has 2 aliphatic rings. The van der Waals surface area contributed by atoms with Crippen LogP contribution in [0.4, 0.5) is 51.2 Å². The average Bonchev–Trinajstić information content (AvgIpc) is 1.59. The molecule has 476 valence electrons. The molecule has 0 atom stereocenters. The van der Waals surface area contributed by atoms with Crippen LogP contribution in [0.5, 0.6) is 0 Å². The van der Waals surface area contributed by atoms with Crippen LogP contribution < -0.4 is 20.9 Å². The van der Waals surface area contributed by atoms with Gasteiger partial charge in [0.25, 0.3) is 0 Å². The van der Waals surface area contributed by atoms with Crippen LogP contribution in [-0.4, -0.2) is 0 Å². The summed E-state index contributed by atoms with van der Waals surface area (Å²) < 4.78 is 13.6. The van der Waals surface area contributed by atoms with Crippen molar-refractivity contribution in [3.8, 4) is 44.5 Å². The number of rotatable bonds is 10. The molecule has 2 heterocycles. The Balaban J connectivity index is 0.000000135. The molecule has 7 heteroatoms. The Morgan fingerprint density at radius 3 is 1.16 bits per heavy atom. The minimum atomic E-state index is -0.0348. The summed E-state index contributed by atoms with van der Waals surface area (Å²) in [6, 6.07) is 115. The molecule has 0 fully saturated rings. The number of hydrogen-bond donors (Lipinski definition) is 2. The van der Waals surface area contributed by atoms with Crippen molar-refractivity contribution >= 4 is 111 Å². The van der Waals surface area contributed by atoms with Gasteiger partial charge >= 0.3 is 0 Å². The standard InChI is InChI=1S/C45H34N2O.C30H20BrNO.C15H15N.CH4/c1-45(2)41-19-10-9-18-37(41)38-24-21-33(29-42(38)45)46-32-22-25-43-40(28-32)39-23-20-31(27-44(39)48-43)30-12-11-17-36(26-30)47(34-13-5-3-6-14-34)35-15-7-4-8-16-35;31-23-15-17-29-28(20-23)27-16-14-22(19-30(27)33-29)21-8-7-13-26(18-21)32(24-9-3-1-4-10-24)25-11-5-2-6-12-25;1-15(2)13-6-4-3-5-11(13)12-8-7-10(16)9-14(12)15;/h3-29,46H,1-2H3;1-20H;3-9H,16H2,1-2H3;1H4. The lowest BCUT2D eigenvalue weighted by Crippen LogP contribution is -2.15. The number of fused-ring (bicyclic) bond motifs is 12. The molecule has 16 aromatic rings. The average molecular weight is 1330 g/mol. The van der Waals surface area contributed by atoms with Gasteiger partial charge < -0.3 is 29.7 Å². The summed E-state index contributed by atoms with van der Waals surface area (Å²) in [6.45, 7) is 9.16. The molecule has 0 unspecified atom stereocenters. The van der Waals surface area contributed by atoms with Gasteiger partial charge in [0.05, 0.1) is 0 Å². The van der Waals surface area contributed by atoms with Crippen molar-refractivity contribution in [2.75, 3.05) is 20.9 Å². The lowest BCUT2D eigenvalue weighted by molar-refractivity contribution is 0.660. The summed E-state index contributed by atoms with van der Waals surface area (Å²) >= 11 is 3.57. The molecule has 14 aromatic carbocycles. The first-order chi connectivity index (χ1) is 47.4. The zero-order valence-corrected chi connectivity index (χ0v) is 55.9. The summed E-state index contributed by atoms with van der Waals surface area (Å²) in [4.78, 5) is 4.57. The van der Waals surface area contributed by atoms with Crippen LogP contribution >= 0.6 is 15.9 Å². The number of nitrogen functional groups attached to an aromatic ring is 1. The van der Waals surface area contributed by atoms with E-state index in [9.17, 15) is 0 Å². The highest BCUT2D eigenvalue weighted by atomic mass is 79.9. The SMILES string of the molecule is Brc1ccc2oc3cc(-c4cccc(N(c5ccccc5)c5ccccc5)c4)ccc3c2c1.C.CC1(C)c2ccccc2-c2ccc(N)cc21.CC1(C)c2ccccc2-c2ccc(Nc3ccc4oc5cc(-c6cccc(N(c7ccccc7)c7ccccc7)c6)ccc5c4c3)cc21. The minimum absolute atomic E-state index is 0. The fourth-order valence-electron chi connectivity index (χ4n) is 14.5. The zero-order valence-electron chi connectivity index (χ0n) is 54.3. The van der Waals surface area contributed by atoms with E-state index in [1.165, 1.54) is 44.5 Å². The number of nitrogens with two attached hydrogens (primary N) is 1. The van der Waals surface area contributed by atoms with Gasteiger partial charge in [0.1, 0.15) is 22.3 Å². The van der Waals surface area contributed by atoms with Gasteiger partial charge in [0, 0.05) is 88.0 Å². The van der Waals surface area contributed by atoms with E-state index >= 15 is 0 Å². The maximum absolute atomic E-state index is 6.42. The normalized spacial score (nSPS) is 12.7. The van der Waals surface area contributed by atoms with Gasteiger partial charge in [0.2, 0.25) is 0 Å². The molecular formula is C91H73BrN4O2. The quantitative estimate of drug-likeness (QED) is 0.133. The van der Waals surface area contributed by atoms with Crippen molar-refractivity contribution in [2.24, 2.45) is 0 Å². The summed E-state index contributed by atoms with van der Waals surface area (Å²) in [6.07, 6.45) is 0. The number of furan rings is 2. The van der Waals surface area contributed by atoms with Gasteiger partial charge in [0.15, 0.2) is 0 Å². The van der Waals surface area contributed by atoms with Gasteiger partial charge in [-0.1, -0.05) is 221 Å². The Kier molecular flexibility index (Phi) is 16.5. The van der Waals surface area contributed by atoms with Crippen molar-refractivity contribution in [1.82, 2.24) is 0 Å². The number of para-hydroxylation sites is 4. The van der Waals surface area contributed by atoms with Gasteiger partial charge in [-0.15, -0.1) is 0 Å². The number of nitrogens with one attached hydrogen (secondary N) is 1. The van der Waals surface area contributed by atoms with Crippen LogP contribution in [0.3, 0.4) is 0 Å². The molecule has 18 rings (SSSR count). The first kappa shape index (κ1) is 62.5. The Morgan fingerprint density at radius 2 is 0.673 bits per heavy atom. The van der Waals surface area contributed by atoms with E-state index in [0.29, 0.717) is 0 Å². The molecule has 6 nitrogen and oxygen atoms in total. The van der Waals surface area contributed by atoms with Gasteiger partial charge in [-0.2, -0.15) is 0 Å². The molecule has 2 aromatic heterocycles. The van der Waals surface area contributed by atoms with E-state index < -0.39 is 0 Å². The maximum atomic E-state index is 6.42. The largest absolute Gasteiger partial charge is 0.456 e. The second-order valence-corrected chi connectivity index (χ2v) is 27.0. The van der Waals surface area contributed by atoms with Crippen LogP contribution in [0.25, 0.3) is 88.4 Å². The number of benzene rings is 14. The molecule has 0 bridgehead atoms. The molecule has 98 heavy (non-hydrogen) atoms. The van der Waals surface area contributed by atoms with E-state index in [1.807, 2.05) is 30.3 Å². The van der Waals surface area contributed by atoms with Gasteiger partial charge in [-0.05, 0) is 224 Å². The first-order valence-electron chi connectivity index (χ1n) is 33.0. The van der Waals surface area contributed by atoms with Crippen LogP contribution in [0.2, 0.25) is 0 Å². The monoisotopic (exact) mass is 1330 g/mol. The van der Waals surface area contributed by atoms with E-state index in [1.54, 1.807) is 0 Å². The lowest BCUT2D eigenvalue weighted by atomic mass is 9.82. The number of halogens is 1. The Bertz CT molecular complexity index is 5520. The third kappa shape index (κ3) is 11.6. The summed E-state index contributed by atoms with van der Waals surface area (Å²) in [7, 11) is 0. The molecule has 0 aliphatic heterocycles. The fourth-order valence-corrected chi connectivity index (χ4v) is 14.8. The Hall–Kier alpha value is -11.6. The molecule has 0 amide bonds.